The van der Waals surface area contributed by atoms with E-state index in [2.05, 4.69) is 0 Å². The first-order chi connectivity index (χ1) is 8.15. The molecule has 90 valence electrons. The first-order valence-electron chi connectivity index (χ1n) is 5.95. The molecule has 1 fully saturated rings. The van der Waals surface area contributed by atoms with E-state index in [9.17, 15) is 9.59 Å². The van der Waals surface area contributed by atoms with Crippen molar-refractivity contribution < 1.29 is 14.3 Å². The van der Waals surface area contributed by atoms with Crippen LogP contribution in [0, 0.1) is 0 Å². The van der Waals surface area contributed by atoms with E-state index < -0.39 is 0 Å². The Morgan fingerprint density at radius 2 is 2.00 bits per heavy atom. The molecule has 0 N–H and O–H groups in total. The molecule has 1 aromatic carbocycles. The van der Waals surface area contributed by atoms with Crippen LogP contribution in [0.3, 0.4) is 0 Å². The maximum atomic E-state index is 11.4. The smallest absolute Gasteiger partial charge is 0.308 e. The molecule has 0 aromatic heterocycles. The number of carbonyl (C=O) groups excluding carboxylic acids is 2. The normalized spacial score (nSPS) is 20.1. The maximum absolute atomic E-state index is 11.4. The van der Waals surface area contributed by atoms with Gasteiger partial charge in [-0.25, -0.2) is 0 Å². The van der Waals surface area contributed by atoms with Gasteiger partial charge in [-0.05, 0) is 36.5 Å². The van der Waals surface area contributed by atoms with Crippen LogP contribution in [0.1, 0.15) is 44.1 Å². The molecule has 1 aliphatic carbocycles. The van der Waals surface area contributed by atoms with Crippen LogP contribution in [-0.2, 0) is 9.59 Å². The van der Waals surface area contributed by atoms with Gasteiger partial charge in [0.25, 0.3) is 0 Å². The van der Waals surface area contributed by atoms with E-state index in [0.29, 0.717) is 23.9 Å². The minimum Gasteiger partial charge on any atom is -0.427 e. The van der Waals surface area contributed by atoms with E-state index in [1.54, 1.807) is 12.1 Å². The Morgan fingerprint density at radius 3 is 2.59 bits per heavy atom. The first kappa shape index (κ1) is 11.8. The summed E-state index contributed by atoms with van der Waals surface area (Å²) in [5.74, 6) is 0.932. The quantitative estimate of drug-likeness (QED) is 0.581. The van der Waals surface area contributed by atoms with Gasteiger partial charge in [0.05, 0.1) is 0 Å². The molecule has 1 aliphatic rings. The molecule has 1 aromatic rings. The predicted octanol–water partition coefficient (Wildman–Crippen LogP) is 2.84. The van der Waals surface area contributed by atoms with Gasteiger partial charge in [0.2, 0.25) is 0 Å². The molecule has 1 unspecified atom stereocenters. The highest BCUT2D eigenvalue weighted by molar-refractivity contribution is 5.80. The number of ketones is 1. The van der Waals surface area contributed by atoms with Gasteiger partial charge in [0, 0.05) is 19.8 Å². The van der Waals surface area contributed by atoms with E-state index in [1.807, 2.05) is 12.1 Å². The number of Topliss-reactive ketones (excluding diaryl/α,β-unsaturated/α-hetero) is 1. The van der Waals surface area contributed by atoms with Gasteiger partial charge in [-0.3, -0.25) is 9.59 Å². The number of rotatable bonds is 2. The fourth-order valence-electron chi connectivity index (χ4n) is 2.28. The van der Waals surface area contributed by atoms with Crippen LogP contribution in [-0.4, -0.2) is 11.8 Å². The Hall–Kier alpha value is -1.64. The molecule has 0 heterocycles. The van der Waals surface area contributed by atoms with Gasteiger partial charge in [-0.1, -0.05) is 12.1 Å². The Bertz CT molecular complexity index is 420. The van der Waals surface area contributed by atoms with Gasteiger partial charge in [-0.2, -0.15) is 0 Å². The third-order valence-corrected chi connectivity index (χ3v) is 3.10. The zero-order chi connectivity index (χ0) is 12.3. The average Bonchev–Trinajstić information content (AvgIpc) is 2.29. The number of hydrogen-bond donors (Lipinski definition) is 0. The highest BCUT2D eigenvalue weighted by atomic mass is 16.5. The monoisotopic (exact) mass is 232 g/mol. The molecule has 17 heavy (non-hydrogen) atoms. The maximum Gasteiger partial charge on any atom is 0.308 e. The SMILES string of the molecule is CC(=O)Oc1ccc(C2CCCC(=O)C2)cc1. The van der Waals surface area contributed by atoms with Crippen LogP contribution in [0.5, 0.6) is 5.75 Å². The number of hydrogen-bond acceptors (Lipinski definition) is 3. The van der Waals surface area contributed by atoms with Gasteiger partial charge in [-0.15, -0.1) is 0 Å². The number of carbonyl (C=O) groups is 2. The summed E-state index contributed by atoms with van der Waals surface area (Å²) in [5, 5.41) is 0. The summed E-state index contributed by atoms with van der Waals surface area (Å²) in [6.45, 7) is 1.38. The largest absolute Gasteiger partial charge is 0.427 e. The molecule has 1 saturated carbocycles. The summed E-state index contributed by atoms with van der Waals surface area (Å²) in [5.41, 5.74) is 1.16. The molecular formula is C14H16O3. The summed E-state index contributed by atoms with van der Waals surface area (Å²) in [7, 11) is 0. The summed E-state index contributed by atoms with van der Waals surface area (Å²) in [6, 6.07) is 7.47. The summed E-state index contributed by atoms with van der Waals surface area (Å²) >= 11 is 0. The van der Waals surface area contributed by atoms with Crippen LogP contribution in [0.4, 0.5) is 0 Å². The van der Waals surface area contributed by atoms with Crippen molar-refractivity contribution in [1.29, 1.82) is 0 Å². The van der Waals surface area contributed by atoms with Gasteiger partial charge < -0.3 is 4.74 Å². The number of esters is 1. The Morgan fingerprint density at radius 1 is 1.29 bits per heavy atom. The molecule has 3 nitrogen and oxygen atoms in total. The number of ether oxygens (including phenoxy) is 1. The molecule has 0 amide bonds. The van der Waals surface area contributed by atoms with E-state index in [4.69, 9.17) is 4.74 Å². The lowest BCUT2D eigenvalue weighted by molar-refractivity contribution is -0.131. The Labute approximate surface area is 101 Å². The molecule has 0 bridgehead atoms. The Balaban J connectivity index is 2.06. The van der Waals surface area contributed by atoms with Crippen molar-refractivity contribution in [3.63, 3.8) is 0 Å². The van der Waals surface area contributed by atoms with Crippen molar-refractivity contribution in [2.45, 2.75) is 38.5 Å². The van der Waals surface area contributed by atoms with Crippen molar-refractivity contribution in [2.75, 3.05) is 0 Å². The van der Waals surface area contributed by atoms with Crippen molar-refractivity contribution >= 4 is 11.8 Å². The molecule has 0 saturated heterocycles. The van der Waals surface area contributed by atoms with Crippen LogP contribution < -0.4 is 4.74 Å². The molecule has 2 rings (SSSR count). The fourth-order valence-corrected chi connectivity index (χ4v) is 2.28. The lowest BCUT2D eigenvalue weighted by atomic mass is 9.83. The van der Waals surface area contributed by atoms with E-state index in [0.717, 1.165) is 24.8 Å². The van der Waals surface area contributed by atoms with Crippen molar-refractivity contribution in [3.05, 3.63) is 29.8 Å². The zero-order valence-electron chi connectivity index (χ0n) is 9.94. The zero-order valence-corrected chi connectivity index (χ0v) is 9.94. The minimum absolute atomic E-state index is 0.314. The second kappa shape index (κ2) is 5.13. The van der Waals surface area contributed by atoms with E-state index in [1.165, 1.54) is 6.92 Å². The van der Waals surface area contributed by atoms with E-state index >= 15 is 0 Å². The van der Waals surface area contributed by atoms with Crippen LogP contribution in [0.2, 0.25) is 0 Å². The fraction of sp³-hybridized carbons (Fsp3) is 0.429. The van der Waals surface area contributed by atoms with Crippen molar-refractivity contribution in [2.24, 2.45) is 0 Å². The average molecular weight is 232 g/mol. The molecule has 0 aliphatic heterocycles. The highest BCUT2D eigenvalue weighted by Gasteiger charge is 2.20. The third kappa shape index (κ3) is 3.16. The minimum atomic E-state index is -0.314. The lowest BCUT2D eigenvalue weighted by Crippen LogP contribution is -2.13. The summed E-state index contributed by atoms with van der Waals surface area (Å²) < 4.78 is 4.97. The second-order valence-electron chi connectivity index (χ2n) is 4.49. The van der Waals surface area contributed by atoms with Crippen molar-refractivity contribution in [1.82, 2.24) is 0 Å². The highest BCUT2D eigenvalue weighted by Crippen LogP contribution is 2.31. The Kier molecular flexibility index (Phi) is 3.57. The third-order valence-electron chi connectivity index (χ3n) is 3.10. The number of benzene rings is 1. The van der Waals surface area contributed by atoms with Gasteiger partial charge in [0.15, 0.2) is 0 Å². The topological polar surface area (TPSA) is 43.4 Å². The molecule has 1 atom stereocenters. The van der Waals surface area contributed by atoms with Crippen LogP contribution >= 0.6 is 0 Å². The van der Waals surface area contributed by atoms with Gasteiger partial charge in [0.1, 0.15) is 11.5 Å². The van der Waals surface area contributed by atoms with E-state index in [-0.39, 0.29) is 5.97 Å². The second-order valence-corrected chi connectivity index (χ2v) is 4.49. The summed E-state index contributed by atoms with van der Waals surface area (Å²) in [6.07, 6.45) is 3.42. The predicted molar refractivity (Wildman–Crippen MR) is 64.0 cm³/mol. The van der Waals surface area contributed by atoms with Crippen molar-refractivity contribution in [3.8, 4) is 5.75 Å². The molecule has 0 radical (unpaired) electrons. The first-order valence-corrected chi connectivity index (χ1v) is 5.95. The summed E-state index contributed by atoms with van der Waals surface area (Å²) in [4.78, 5) is 22.2. The molecule has 0 spiro atoms. The lowest BCUT2D eigenvalue weighted by Gasteiger charge is -2.21. The standard InChI is InChI=1S/C14H16O3/c1-10(15)17-14-7-5-11(6-8-14)12-3-2-4-13(16)9-12/h5-8,12H,2-4,9H2,1H3. The molecular weight excluding hydrogens is 216 g/mol. The van der Waals surface area contributed by atoms with Gasteiger partial charge >= 0.3 is 5.97 Å². The molecule has 3 heteroatoms. The van der Waals surface area contributed by atoms with Crippen LogP contribution in [0.15, 0.2) is 24.3 Å². The van der Waals surface area contributed by atoms with Crippen LogP contribution in [0.25, 0.3) is 0 Å².